The average Bonchev–Trinajstić information content (AvgIpc) is 2.65. The number of nitrogens with zero attached hydrogens (tertiary/aromatic N) is 2. The van der Waals surface area contributed by atoms with E-state index in [-0.39, 0.29) is 17.3 Å². The monoisotopic (exact) mass is 407 g/mol. The molecule has 8 nitrogen and oxygen atoms in total. The molecule has 28 heavy (non-hydrogen) atoms. The zero-order valence-electron chi connectivity index (χ0n) is 16.2. The smallest absolute Gasteiger partial charge is 0.411 e. The zero-order valence-corrected chi connectivity index (χ0v) is 17.0. The molecule has 0 fully saturated rings. The van der Waals surface area contributed by atoms with Crippen molar-refractivity contribution in [2.75, 3.05) is 35.7 Å². The third-order valence-electron chi connectivity index (χ3n) is 4.29. The Hall–Kier alpha value is -2.81. The van der Waals surface area contributed by atoms with Crippen molar-refractivity contribution in [3.8, 4) is 0 Å². The van der Waals surface area contributed by atoms with Crippen molar-refractivity contribution in [3.63, 3.8) is 0 Å². The number of carbonyl (C=O) groups excluding carboxylic acids is 1. The number of sulfone groups is 1. The topological polar surface area (TPSA) is 103 Å². The Morgan fingerprint density at radius 1 is 1.18 bits per heavy atom. The van der Waals surface area contributed by atoms with Gasteiger partial charge in [0.15, 0.2) is 22.2 Å². The van der Waals surface area contributed by atoms with Crippen LogP contribution in [0.2, 0.25) is 0 Å². The maximum absolute atomic E-state index is 12.2. The van der Waals surface area contributed by atoms with Crippen molar-refractivity contribution < 1.29 is 22.7 Å². The Balaban J connectivity index is 1.91. The largest absolute Gasteiger partial charge is 0.619 e. The van der Waals surface area contributed by atoms with Gasteiger partial charge in [-0.05, 0) is 44.5 Å². The third-order valence-corrected chi connectivity index (χ3v) is 5.99. The van der Waals surface area contributed by atoms with Gasteiger partial charge >= 0.3 is 6.09 Å². The SMILES string of the molecule is CCN(CC)c1ccc(NC(=O)OCCS(=O)(=O)c2cc[n+]([O-])cc2)c(C)c1. The first-order valence-electron chi connectivity index (χ1n) is 8.97. The second-order valence-corrected chi connectivity index (χ2v) is 8.25. The van der Waals surface area contributed by atoms with E-state index in [2.05, 4.69) is 24.1 Å². The summed E-state index contributed by atoms with van der Waals surface area (Å²) in [5, 5.41) is 13.6. The molecule has 1 aromatic heterocycles. The van der Waals surface area contributed by atoms with Crippen molar-refractivity contribution in [2.24, 2.45) is 0 Å². The fraction of sp³-hybridized carbons (Fsp3) is 0.368. The van der Waals surface area contributed by atoms with Gasteiger partial charge in [-0.1, -0.05) is 0 Å². The van der Waals surface area contributed by atoms with E-state index in [1.54, 1.807) is 6.07 Å². The molecule has 0 spiro atoms. The molecular formula is C19H25N3O5S. The quantitative estimate of drug-likeness (QED) is 0.533. The van der Waals surface area contributed by atoms with Crippen LogP contribution in [0.25, 0.3) is 0 Å². The summed E-state index contributed by atoms with van der Waals surface area (Å²) in [6.07, 6.45) is 1.48. The van der Waals surface area contributed by atoms with Crippen molar-refractivity contribution in [3.05, 3.63) is 53.5 Å². The number of benzene rings is 1. The summed E-state index contributed by atoms with van der Waals surface area (Å²) in [7, 11) is -3.64. The first-order chi connectivity index (χ1) is 13.3. The molecule has 0 saturated heterocycles. The van der Waals surface area contributed by atoms with E-state index >= 15 is 0 Å². The molecule has 2 rings (SSSR count). The molecule has 0 unspecified atom stereocenters. The van der Waals surface area contributed by atoms with E-state index in [0.29, 0.717) is 10.4 Å². The van der Waals surface area contributed by atoms with E-state index in [1.807, 2.05) is 19.1 Å². The van der Waals surface area contributed by atoms with Crippen LogP contribution in [0.15, 0.2) is 47.6 Å². The fourth-order valence-electron chi connectivity index (χ4n) is 2.69. The van der Waals surface area contributed by atoms with Gasteiger partial charge in [-0.3, -0.25) is 5.32 Å². The first-order valence-corrected chi connectivity index (χ1v) is 10.6. The van der Waals surface area contributed by atoms with E-state index in [4.69, 9.17) is 4.74 Å². The van der Waals surface area contributed by atoms with Gasteiger partial charge in [-0.25, -0.2) is 13.2 Å². The third kappa shape index (κ3) is 5.59. The van der Waals surface area contributed by atoms with Crippen molar-refractivity contribution in [1.82, 2.24) is 0 Å². The Morgan fingerprint density at radius 3 is 2.39 bits per heavy atom. The van der Waals surface area contributed by atoms with Gasteiger partial charge in [0.25, 0.3) is 0 Å². The van der Waals surface area contributed by atoms with Crippen LogP contribution in [0.1, 0.15) is 19.4 Å². The molecule has 1 heterocycles. The summed E-state index contributed by atoms with van der Waals surface area (Å²) in [5.74, 6) is -0.372. The van der Waals surface area contributed by atoms with E-state index in [1.165, 1.54) is 12.1 Å². The van der Waals surface area contributed by atoms with Crippen LogP contribution < -0.4 is 14.9 Å². The number of amides is 1. The normalized spacial score (nSPS) is 11.1. The molecule has 1 amide bonds. The van der Waals surface area contributed by atoms with Crippen molar-refractivity contribution >= 4 is 27.3 Å². The number of rotatable bonds is 8. The van der Waals surface area contributed by atoms with Crippen LogP contribution in [-0.2, 0) is 14.6 Å². The minimum absolute atomic E-state index is 0.00597. The lowest BCUT2D eigenvalue weighted by Gasteiger charge is -2.22. The number of carbonyl (C=O) groups is 1. The van der Waals surface area contributed by atoms with Crippen molar-refractivity contribution in [1.29, 1.82) is 0 Å². The predicted molar refractivity (Wildman–Crippen MR) is 107 cm³/mol. The first kappa shape index (κ1) is 21.5. The van der Waals surface area contributed by atoms with E-state index in [0.717, 1.165) is 36.7 Å². The highest BCUT2D eigenvalue weighted by atomic mass is 32.2. The average molecular weight is 407 g/mol. The Morgan fingerprint density at radius 2 is 1.82 bits per heavy atom. The maximum Gasteiger partial charge on any atom is 0.411 e. The van der Waals surface area contributed by atoms with Gasteiger partial charge in [0.1, 0.15) is 6.61 Å². The Bertz CT molecular complexity index is 910. The molecule has 0 aliphatic rings. The van der Waals surface area contributed by atoms with Gasteiger partial charge < -0.3 is 14.8 Å². The van der Waals surface area contributed by atoms with Gasteiger partial charge in [0.2, 0.25) is 0 Å². The molecule has 1 N–H and O–H groups in total. The molecule has 0 aliphatic carbocycles. The Labute approximate surface area is 165 Å². The van der Waals surface area contributed by atoms with Crippen LogP contribution >= 0.6 is 0 Å². The summed E-state index contributed by atoms with van der Waals surface area (Å²) < 4.78 is 29.8. The molecule has 0 saturated carbocycles. The van der Waals surface area contributed by atoms with Gasteiger partial charge in [0.05, 0.1) is 10.6 Å². The standard InChI is InChI=1S/C19H25N3O5S/c1-4-21(5-2)16-6-7-18(15(3)14-16)20-19(23)27-12-13-28(25,26)17-8-10-22(24)11-9-17/h6-11,14H,4-5,12-13H2,1-3H3,(H,20,23). The number of pyridine rings is 1. The molecule has 152 valence electrons. The molecule has 0 radical (unpaired) electrons. The molecule has 1 aromatic carbocycles. The number of aryl methyl sites for hydroxylation is 1. The number of hydrogen-bond donors (Lipinski definition) is 1. The maximum atomic E-state index is 12.2. The molecule has 9 heteroatoms. The van der Waals surface area contributed by atoms with Crippen LogP contribution in [0.3, 0.4) is 0 Å². The van der Waals surface area contributed by atoms with Gasteiger partial charge in [0, 0.05) is 36.6 Å². The van der Waals surface area contributed by atoms with E-state index in [9.17, 15) is 18.4 Å². The molecule has 2 aromatic rings. The summed E-state index contributed by atoms with van der Waals surface area (Å²) in [5.41, 5.74) is 2.55. The number of aromatic nitrogens is 1. The number of ether oxygens (including phenoxy) is 1. The van der Waals surface area contributed by atoms with Crippen LogP contribution in [-0.4, -0.2) is 40.0 Å². The molecular weight excluding hydrogens is 382 g/mol. The summed E-state index contributed by atoms with van der Waals surface area (Å²) in [6, 6.07) is 8.11. The second-order valence-electron chi connectivity index (χ2n) is 6.15. The van der Waals surface area contributed by atoms with Crippen molar-refractivity contribution in [2.45, 2.75) is 25.7 Å². The van der Waals surface area contributed by atoms with Crippen LogP contribution in [0, 0.1) is 12.1 Å². The minimum atomic E-state index is -3.64. The predicted octanol–water partition coefficient (Wildman–Crippen LogP) is 2.50. The van der Waals surface area contributed by atoms with E-state index < -0.39 is 15.9 Å². The number of nitrogens with one attached hydrogen (secondary N) is 1. The van der Waals surface area contributed by atoms with Crippen LogP contribution in [0.5, 0.6) is 0 Å². The lowest BCUT2D eigenvalue weighted by atomic mass is 10.1. The zero-order chi connectivity index (χ0) is 20.7. The van der Waals surface area contributed by atoms with Gasteiger partial charge in [-0.15, -0.1) is 0 Å². The highest BCUT2D eigenvalue weighted by Crippen LogP contribution is 2.22. The number of hydrogen-bond acceptors (Lipinski definition) is 6. The molecule has 0 bridgehead atoms. The fourth-order valence-corrected chi connectivity index (χ4v) is 3.76. The summed E-state index contributed by atoms with van der Waals surface area (Å²) in [4.78, 5) is 14.2. The lowest BCUT2D eigenvalue weighted by molar-refractivity contribution is -0.605. The molecule has 0 aliphatic heterocycles. The van der Waals surface area contributed by atoms with Gasteiger partial charge in [-0.2, -0.15) is 4.73 Å². The lowest BCUT2D eigenvalue weighted by Crippen LogP contribution is -2.25. The second kappa shape index (κ2) is 9.41. The number of anilines is 2. The highest BCUT2D eigenvalue weighted by molar-refractivity contribution is 7.91. The summed E-state index contributed by atoms with van der Waals surface area (Å²) >= 11 is 0. The minimum Gasteiger partial charge on any atom is -0.619 e. The Kier molecular flexibility index (Phi) is 7.22. The summed E-state index contributed by atoms with van der Waals surface area (Å²) in [6.45, 7) is 7.50. The molecule has 0 atom stereocenters. The highest BCUT2D eigenvalue weighted by Gasteiger charge is 2.17. The van der Waals surface area contributed by atoms with Crippen LogP contribution in [0.4, 0.5) is 16.2 Å².